The number of ether oxygens (including phenoxy) is 1. The third-order valence-corrected chi connectivity index (χ3v) is 23.7. The number of benzene rings is 13. The molecule has 0 aliphatic rings. The number of carbonyl (C=O) groups excluding carboxylic acids is 1. The Morgan fingerprint density at radius 2 is 0.551 bits per heavy atom. The highest BCUT2D eigenvalue weighted by Gasteiger charge is 2.11. The van der Waals surface area contributed by atoms with Gasteiger partial charge in [0.1, 0.15) is 23.2 Å². The number of rotatable bonds is 14. The number of halogens is 13. The average Bonchev–Trinajstić information content (AvgIpc) is 0.943. The largest absolute Gasteiger partial charge is 0.497 e. The van der Waals surface area contributed by atoms with E-state index in [1.165, 1.54) is 102 Å². The maximum absolute atomic E-state index is 13.0. The van der Waals surface area contributed by atoms with Crippen LogP contribution in [0.25, 0.3) is 0 Å². The Morgan fingerprint density at radius 1 is 0.239 bits per heavy atom. The van der Waals surface area contributed by atoms with E-state index in [4.69, 9.17) is 90.7 Å². The molecule has 0 atom stereocenters. The second-order valence-electron chi connectivity index (χ2n) is 37.4. The van der Waals surface area contributed by atoms with Gasteiger partial charge in [-0.2, -0.15) is 0 Å². The van der Waals surface area contributed by atoms with Crippen molar-refractivity contribution in [2.75, 3.05) is 7.11 Å². The monoisotopic (exact) mass is 2080 g/mol. The zero-order valence-electron chi connectivity index (χ0n) is 87.5. The first-order valence-electron chi connectivity index (χ1n) is 47.5. The van der Waals surface area contributed by atoms with Crippen LogP contribution in [0.4, 0.5) is 26.7 Å². The summed E-state index contributed by atoms with van der Waals surface area (Å²) in [5, 5.41) is 4.84. The van der Waals surface area contributed by atoms with Crippen LogP contribution >= 0.6 is 97.1 Å². The molecule has 0 N–H and O–H groups in total. The van der Waals surface area contributed by atoms with E-state index >= 15 is 0 Å². The zero-order chi connectivity index (χ0) is 105. The molecule has 750 valence electrons. The molecule has 0 bridgehead atoms. The number of hydrogen-bond acceptors (Lipinski definition) is 2. The van der Waals surface area contributed by atoms with Crippen molar-refractivity contribution >= 4 is 103 Å². The Bertz CT molecular complexity index is 5080. The van der Waals surface area contributed by atoms with Crippen LogP contribution in [0.1, 0.15) is 352 Å². The number of hydrogen-bond donors (Lipinski definition) is 0. The van der Waals surface area contributed by atoms with E-state index in [-0.39, 0.29) is 29.3 Å². The Hall–Kier alpha value is -8.51. The summed E-state index contributed by atoms with van der Waals surface area (Å²) in [6.07, 6.45) is -2.83. The van der Waals surface area contributed by atoms with E-state index in [2.05, 4.69) is 348 Å². The van der Waals surface area contributed by atoms with E-state index in [0.29, 0.717) is 85.2 Å². The summed E-state index contributed by atoms with van der Waals surface area (Å²) in [6.45, 7) is 64.1. The predicted octanol–water partition coefficient (Wildman–Crippen LogP) is 44.6. The molecule has 0 spiro atoms. The lowest BCUT2D eigenvalue weighted by atomic mass is 10.0. The van der Waals surface area contributed by atoms with Crippen molar-refractivity contribution in [3.8, 4) is 5.75 Å². The standard InChI is InChI=1S/C11H16O.3C10H14.C9H11Br.2C9H10Cl2.C9H10ClF.2C9H11Cl.2C9H11F.C9H12.CF2O/c1-8(2)10-5-9(3)6-11(7-10)12-4;1-8(2)10-6-4-9(3)5-7-10;2*1-8(2)10-6-4-5-9(3)7-10;1-7(2)8-3-5-9(10)6-4-8;1-6(2)8-4-3-7(10)5-9(8)11;1-6(2)7-3-4-8(10)9(11)5-7;1-6(2)8-4-3-7(10)5-9(8)11;1-7(2)8-3-5-9(10)6-4-8;1-7(2)8-5-3-4-6-9(8)10;1-7(2)8-3-5-9(10)6-4-8;1-7(2)8-5-3-4-6-9(8)10;1-8(2)9-6-4-3-5-7-9;2-1(3)4/h5-8H,1-4H3;3*4-8H,1-3H3;3-7H,1-2H3;3*3-6H,1-2H3;4*3-7H,1-2H3;3-8H,1-2H3;. The van der Waals surface area contributed by atoms with E-state index in [0.717, 1.165) is 42.0 Å². The molecule has 13 aromatic carbocycles. The highest BCUT2D eigenvalue weighted by Crippen LogP contribution is 2.31. The summed E-state index contributed by atoms with van der Waals surface area (Å²) in [4.78, 5) is 8.11. The van der Waals surface area contributed by atoms with E-state index in [1.54, 1.807) is 31.4 Å². The van der Waals surface area contributed by atoms with Gasteiger partial charge in [-0.3, -0.25) is 0 Å². The molecule has 13 aromatic rings. The lowest BCUT2D eigenvalue weighted by molar-refractivity contribution is 0.199. The molecule has 0 saturated carbocycles. The number of methoxy groups -OCH3 is 1. The molecule has 0 aromatic heterocycles. The molecular formula is C123H155BrCl7F5O2. The van der Waals surface area contributed by atoms with Gasteiger partial charge in [-0.25, -0.2) is 18.0 Å². The fourth-order valence-electron chi connectivity index (χ4n) is 12.3. The summed E-state index contributed by atoms with van der Waals surface area (Å²) in [5.74, 6) is 7.36. The van der Waals surface area contributed by atoms with Gasteiger partial charge in [0, 0.05) is 29.6 Å². The average molecular weight is 2090 g/mol. The molecule has 0 heterocycles. The summed E-state index contributed by atoms with van der Waals surface area (Å²) < 4.78 is 63.9. The lowest BCUT2D eigenvalue weighted by Gasteiger charge is -2.08. The fraction of sp³-hybridized carbons (Fsp3) is 0.358. The second-order valence-corrected chi connectivity index (χ2v) is 41.2. The van der Waals surface area contributed by atoms with Crippen molar-refractivity contribution in [1.82, 2.24) is 0 Å². The topological polar surface area (TPSA) is 26.3 Å². The molecule has 0 amide bonds. The molecule has 13 rings (SSSR count). The van der Waals surface area contributed by atoms with Crippen LogP contribution in [0.3, 0.4) is 0 Å². The molecule has 0 fully saturated rings. The summed E-state index contributed by atoms with van der Waals surface area (Å²) in [7, 11) is 1.71. The molecule has 0 unspecified atom stereocenters. The third kappa shape index (κ3) is 58.7. The minimum atomic E-state index is -2.83. The van der Waals surface area contributed by atoms with Crippen molar-refractivity contribution in [2.24, 2.45) is 0 Å². The molecular weight excluding hydrogens is 1930 g/mol. The van der Waals surface area contributed by atoms with E-state index < -0.39 is 6.29 Å². The first-order chi connectivity index (χ1) is 64.6. The smallest absolute Gasteiger partial charge is 0.483 e. The zero-order valence-corrected chi connectivity index (χ0v) is 94.4. The lowest BCUT2D eigenvalue weighted by Crippen LogP contribution is -1.91. The van der Waals surface area contributed by atoms with Crippen LogP contribution in [-0.2, 0) is 0 Å². The minimum Gasteiger partial charge on any atom is -0.497 e. The summed E-state index contributed by atoms with van der Waals surface area (Å²) in [5.41, 5.74) is 21.4. The van der Waals surface area contributed by atoms with Gasteiger partial charge in [0.25, 0.3) is 0 Å². The Kier molecular flexibility index (Phi) is 67.4. The van der Waals surface area contributed by atoms with Gasteiger partial charge < -0.3 is 4.74 Å². The van der Waals surface area contributed by atoms with Crippen LogP contribution in [0.5, 0.6) is 5.75 Å². The van der Waals surface area contributed by atoms with Crippen molar-refractivity contribution < 1.29 is 31.5 Å². The van der Waals surface area contributed by atoms with Crippen molar-refractivity contribution in [3.05, 3.63) is 449 Å². The van der Waals surface area contributed by atoms with E-state index in [1.807, 2.05) is 125 Å². The van der Waals surface area contributed by atoms with Crippen molar-refractivity contribution in [1.29, 1.82) is 0 Å². The molecule has 0 saturated heterocycles. The van der Waals surface area contributed by atoms with Gasteiger partial charge in [0.05, 0.1) is 17.2 Å². The minimum absolute atomic E-state index is 0.0995. The quantitative estimate of drug-likeness (QED) is 0.0801. The highest BCUT2D eigenvalue weighted by atomic mass is 79.9. The van der Waals surface area contributed by atoms with Crippen LogP contribution < -0.4 is 4.74 Å². The van der Waals surface area contributed by atoms with Crippen LogP contribution in [-0.4, -0.2) is 13.4 Å². The molecule has 0 aliphatic heterocycles. The summed E-state index contributed by atoms with van der Waals surface area (Å²) >= 11 is 43.9. The van der Waals surface area contributed by atoms with Crippen molar-refractivity contribution in [2.45, 2.75) is 285 Å². The highest BCUT2D eigenvalue weighted by molar-refractivity contribution is 9.10. The van der Waals surface area contributed by atoms with E-state index in [9.17, 15) is 22.0 Å². The Morgan fingerprint density at radius 3 is 0.891 bits per heavy atom. The molecule has 2 nitrogen and oxygen atoms in total. The van der Waals surface area contributed by atoms with Crippen LogP contribution in [0.15, 0.2) is 302 Å². The molecule has 0 radical (unpaired) electrons. The Balaban J connectivity index is 0.00000147. The SMILES string of the molecule is CC(C)c1ccc(Br)cc1.CC(C)c1ccc(Cl)c(Cl)c1.CC(C)c1ccc(Cl)cc1.CC(C)c1ccc(Cl)cc1Cl.CC(C)c1ccc(Cl)cc1F.CC(C)c1ccc(F)cc1.CC(C)c1ccccc1.CC(C)c1ccccc1Cl.CC(C)c1ccccc1F.COc1cc(C)cc(C(C)C)c1.Cc1ccc(C(C)C)cc1.Cc1cccc(C(C)C)c1.Cc1cccc(C(C)C)c1.O=C(F)F. The van der Waals surface area contributed by atoms with Crippen LogP contribution in [0, 0.1) is 45.1 Å². The Labute approximate surface area is 874 Å². The molecule has 15 heteroatoms. The predicted molar refractivity (Wildman–Crippen MR) is 603 cm³/mol. The molecule has 0 aliphatic carbocycles. The van der Waals surface area contributed by atoms with Crippen molar-refractivity contribution in [3.63, 3.8) is 0 Å². The number of aryl methyl sites for hydroxylation is 4. The first-order valence-corrected chi connectivity index (χ1v) is 50.9. The third-order valence-electron chi connectivity index (χ3n) is 21.0. The number of carbonyl (C=O) groups is 1. The first kappa shape index (κ1) is 129. The maximum atomic E-state index is 13.0. The van der Waals surface area contributed by atoms with Gasteiger partial charge in [0.2, 0.25) is 0 Å². The van der Waals surface area contributed by atoms with Gasteiger partial charge in [-0.05, 0) is 280 Å². The van der Waals surface area contributed by atoms with Gasteiger partial charge in [0.15, 0.2) is 0 Å². The van der Waals surface area contributed by atoms with Gasteiger partial charge >= 0.3 is 6.29 Å². The molecule has 138 heavy (non-hydrogen) atoms. The fourth-order valence-corrected chi connectivity index (χ4v) is 14.2. The second kappa shape index (κ2) is 71.8. The van der Waals surface area contributed by atoms with Crippen LogP contribution in [0.2, 0.25) is 35.2 Å². The summed E-state index contributed by atoms with van der Waals surface area (Å²) in [6, 6.07) is 96.9. The van der Waals surface area contributed by atoms with Gasteiger partial charge in [-0.1, -0.05) is 494 Å². The van der Waals surface area contributed by atoms with Gasteiger partial charge in [-0.15, -0.1) is 8.78 Å². The maximum Gasteiger partial charge on any atom is 0.483 e. The normalized spacial score (nSPS) is 10.3.